The van der Waals surface area contributed by atoms with Crippen LogP contribution in [0.15, 0.2) is 0 Å². The molecule has 0 spiro atoms. The SMILES string of the molecule is CC(=O)C(=O)NCCC(C)C. The van der Waals surface area contributed by atoms with E-state index in [-0.39, 0.29) is 0 Å². The van der Waals surface area contributed by atoms with Gasteiger partial charge in [0.05, 0.1) is 0 Å². The summed E-state index contributed by atoms with van der Waals surface area (Å²) in [6.45, 7) is 6.00. The van der Waals surface area contributed by atoms with Crippen LogP contribution in [0.2, 0.25) is 0 Å². The average molecular weight is 157 g/mol. The van der Waals surface area contributed by atoms with Crippen molar-refractivity contribution >= 4 is 11.7 Å². The highest BCUT2D eigenvalue weighted by Gasteiger charge is 2.05. The monoisotopic (exact) mass is 157 g/mol. The normalized spacial score (nSPS) is 9.82. The maximum atomic E-state index is 10.7. The molecule has 0 aromatic rings. The quantitative estimate of drug-likeness (QED) is 0.612. The van der Waals surface area contributed by atoms with Crippen molar-refractivity contribution < 1.29 is 9.59 Å². The van der Waals surface area contributed by atoms with Gasteiger partial charge in [0.25, 0.3) is 5.91 Å². The fourth-order valence-electron chi connectivity index (χ4n) is 0.599. The molecule has 0 saturated heterocycles. The van der Waals surface area contributed by atoms with E-state index in [4.69, 9.17) is 0 Å². The summed E-state index contributed by atoms with van der Waals surface area (Å²) in [6, 6.07) is 0. The predicted molar refractivity (Wildman–Crippen MR) is 43.1 cm³/mol. The highest BCUT2D eigenvalue weighted by atomic mass is 16.2. The van der Waals surface area contributed by atoms with Crippen molar-refractivity contribution in [3.8, 4) is 0 Å². The molecular weight excluding hydrogens is 142 g/mol. The summed E-state index contributed by atoms with van der Waals surface area (Å²) in [5, 5.41) is 2.52. The first-order valence-electron chi connectivity index (χ1n) is 3.82. The Morgan fingerprint density at radius 2 is 1.91 bits per heavy atom. The fourth-order valence-corrected chi connectivity index (χ4v) is 0.599. The maximum Gasteiger partial charge on any atom is 0.287 e. The highest BCUT2D eigenvalue weighted by Crippen LogP contribution is 1.95. The Balaban J connectivity index is 3.40. The molecule has 64 valence electrons. The van der Waals surface area contributed by atoms with E-state index >= 15 is 0 Å². The number of carbonyl (C=O) groups excluding carboxylic acids is 2. The van der Waals surface area contributed by atoms with E-state index in [0.29, 0.717) is 12.5 Å². The minimum absolute atomic E-state index is 0.422. The molecule has 1 N–H and O–H groups in total. The van der Waals surface area contributed by atoms with Gasteiger partial charge in [0.15, 0.2) is 0 Å². The van der Waals surface area contributed by atoms with Gasteiger partial charge < -0.3 is 5.32 Å². The molecular formula is C8H15NO2. The smallest absolute Gasteiger partial charge is 0.287 e. The van der Waals surface area contributed by atoms with Gasteiger partial charge >= 0.3 is 0 Å². The van der Waals surface area contributed by atoms with Crippen molar-refractivity contribution in [2.75, 3.05) is 6.54 Å². The summed E-state index contributed by atoms with van der Waals surface area (Å²) >= 11 is 0. The van der Waals surface area contributed by atoms with Crippen LogP contribution in [-0.4, -0.2) is 18.2 Å². The van der Waals surface area contributed by atoms with Gasteiger partial charge in [0.2, 0.25) is 5.78 Å². The lowest BCUT2D eigenvalue weighted by Crippen LogP contribution is -2.30. The van der Waals surface area contributed by atoms with Crippen LogP contribution in [0, 0.1) is 5.92 Å². The van der Waals surface area contributed by atoms with Gasteiger partial charge in [-0.3, -0.25) is 9.59 Å². The molecule has 0 fully saturated rings. The van der Waals surface area contributed by atoms with Gasteiger partial charge in [-0.25, -0.2) is 0 Å². The van der Waals surface area contributed by atoms with E-state index in [9.17, 15) is 9.59 Å². The second kappa shape index (κ2) is 4.88. The third-order valence-corrected chi connectivity index (χ3v) is 1.33. The number of rotatable bonds is 4. The molecule has 0 aromatic heterocycles. The first-order chi connectivity index (χ1) is 5.04. The standard InChI is InChI=1S/C8H15NO2/c1-6(2)4-5-9-8(11)7(3)10/h6H,4-5H2,1-3H3,(H,9,11). The Morgan fingerprint density at radius 1 is 1.36 bits per heavy atom. The summed E-state index contributed by atoms with van der Waals surface area (Å²) in [5.74, 6) is -0.346. The molecule has 3 nitrogen and oxygen atoms in total. The lowest BCUT2D eigenvalue weighted by Gasteiger charge is -2.04. The Labute approximate surface area is 67.2 Å². The summed E-state index contributed by atoms with van der Waals surface area (Å²) in [4.78, 5) is 21.1. The van der Waals surface area contributed by atoms with Gasteiger partial charge in [-0.2, -0.15) is 0 Å². The minimum atomic E-state index is -0.481. The predicted octanol–water partition coefficient (Wildman–Crippen LogP) is 0.738. The van der Waals surface area contributed by atoms with Crippen LogP contribution in [0.5, 0.6) is 0 Å². The molecule has 1 amide bonds. The summed E-state index contributed by atoms with van der Waals surface area (Å²) in [5.41, 5.74) is 0. The molecule has 0 saturated carbocycles. The lowest BCUT2D eigenvalue weighted by atomic mass is 10.1. The number of Topliss-reactive ketones (excluding diaryl/α,β-unsaturated/α-hetero) is 1. The molecule has 0 unspecified atom stereocenters. The number of amides is 1. The third kappa shape index (κ3) is 5.58. The Kier molecular flexibility index (Phi) is 4.50. The largest absolute Gasteiger partial charge is 0.350 e. The summed E-state index contributed by atoms with van der Waals surface area (Å²) in [6.07, 6.45) is 0.916. The van der Waals surface area contributed by atoms with Crippen molar-refractivity contribution in [2.45, 2.75) is 27.2 Å². The number of hydrogen-bond donors (Lipinski definition) is 1. The van der Waals surface area contributed by atoms with Crippen LogP contribution in [-0.2, 0) is 9.59 Å². The first-order valence-corrected chi connectivity index (χ1v) is 3.82. The van der Waals surface area contributed by atoms with Crippen LogP contribution in [0.1, 0.15) is 27.2 Å². The van der Waals surface area contributed by atoms with Gasteiger partial charge in [0.1, 0.15) is 0 Å². The number of nitrogens with one attached hydrogen (secondary N) is 1. The van der Waals surface area contributed by atoms with E-state index in [0.717, 1.165) is 6.42 Å². The Bertz CT molecular complexity index is 152. The van der Waals surface area contributed by atoms with Crippen LogP contribution < -0.4 is 5.32 Å². The Hall–Kier alpha value is -0.860. The molecule has 11 heavy (non-hydrogen) atoms. The van der Waals surface area contributed by atoms with Crippen molar-refractivity contribution in [1.82, 2.24) is 5.32 Å². The number of carbonyl (C=O) groups is 2. The van der Waals surface area contributed by atoms with E-state index in [1.165, 1.54) is 6.92 Å². The summed E-state index contributed by atoms with van der Waals surface area (Å²) in [7, 11) is 0. The molecule has 0 radical (unpaired) electrons. The number of hydrogen-bond acceptors (Lipinski definition) is 2. The molecule has 0 heterocycles. The van der Waals surface area contributed by atoms with Gasteiger partial charge in [0, 0.05) is 13.5 Å². The second-order valence-electron chi connectivity index (χ2n) is 2.99. The zero-order valence-electron chi connectivity index (χ0n) is 7.31. The summed E-state index contributed by atoms with van der Waals surface area (Å²) < 4.78 is 0. The van der Waals surface area contributed by atoms with Crippen molar-refractivity contribution in [3.63, 3.8) is 0 Å². The highest BCUT2D eigenvalue weighted by molar-refractivity contribution is 6.35. The van der Waals surface area contributed by atoms with E-state index < -0.39 is 11.7 Å². The van der Waals surface area contributed by atoms with Crippen molar-refractivity contribution in [1.29, 1.82) is 0 Å². The van der Waals surface area contributed by atoms with E-state index in [2.05, 4.69) is 19.2 Å². The molecule has 3 heteroatoms. The topological polar surface area (TPSA) is 46.2 Å². The maximum absolute atomic E-state index is 10.7. The first kappa shape index (κ1) is 10.1. The molecule has 0 aliphatic carbocycles. The fraction of sp³-hybridized carbons (Fsp3) is 0.750. The zero-order chi connectivity index (χ0) is 8.85. The second-order valence-corrected chi connectivity index (χ2v) is 2.99. The van der Waals surface area contributed by atoms with Gasteiger partial charge in [-0.15, -0.1) is 0 Å². The van der Waals surface area contributed by atoms with Crippen LogP contribution >= 0.6 is 0 Å². The van der Waals surface area contributed by atoms with Crippen molar-refractivity contribution in [3.05, 3.63) is 0 Å². The van der Waals surface area contributed by atoms with Crippen LogP contribution in [0.3, 0.4) is 0 Å². The molecule has 0 rings (SSSR count). The van der Waals surface area contributed by atoms with Crippen LogP contribution in [0.25, 0.3) is 0 Å². The zero-order valence-corrected chi connectivity index (χ0v) is 7.31. The molecule has 0 aliphatic heterocycles. The third-order valence-electron chi connectivity index (χ3n) is 1.33. The molecule has 0 aromatic carbocycles. The van der Waals surface area contributed by atoms with E-state index in [1.54, 1.807) is 0 Å². The van der Waals surface area contributed by atoms with Gasteiger partial charge in [-0.05, 0) is 12.3 Å². The minimum Gasteiger partial charge on any atom is -0.350 e. The molecule has 0 aliphatic rings. The van der Waals surface area contributed by atoms with Gasteiger partial charge in [-0.1, -0.05) is 13.8 Å². The number of ketones is 1. The van der Waals surface area contributed by atoms with Crippen molar-refractivity contribution in [2.24, 2.45) is 5.92 Å². The molecule has 0 atom stereocenters. The Morgan fingerprint density at radius 3 is 2.27 bits per heavy atom. The van der Waals surface area contributed by atoms with E-state index in [1.807, 2.05) is 0 Å². The van der Waals surface area contributed by atoms with Crippen LogP contribution in [0.4, 0.5) is 0 Å². The lowest BCUT2D eigenvalue weighted by molar-refractivity contribution is -0.136. The average Bonchev–Trinajstić information content (AvgIpc) is 1.86. The molecule has 0 bridgehead atoms.